The number of likely N-dealkylation sites (tertiary alicyclic amines) is 1. The van der Waals surface area contributed by atoms with Gasteiger partial charge in [-0.3, -0.25) is 19.9 Å². The Morgan fingerprint density at radius 3 is 2.85 bits per heavy atom. The van der Waals surface area contributed by atoms with Crippen molar-refractivity contribution < 1.29 is 14.2 Å². The van der Waals surface area contributed by atoms with Gasteiger partial charge in [0.1, 0.15) is 11.9 Å². The number of quaternary nitrogens is 1. The quantitative estimate of drug-likeness (QED) is 0.406. The summed E-state index contributed by atoms with van der Waals surface area (Å²) in [4.78, 5) is 39.9. The molecule has 0 radical (unpaired) electrons. The van der Waals surface area contributed by atoms with E-state index in [9.17, 15) is 9.59 Å². The van der Waals surface area contributed by atoms with Crippen molar-refractivity contribution >= 4 is 40.3 Å². The van der Waals surface area contributed by atoms with Crippen molar-refractivity contribution in [3.63, 3.8) is 0 Å². The molecule has 0 spiro atoms. The number of aliphatic imine (C=N–C) groups is 2. The summed E-state index contributed by atoms with van der Waals surface area (Å²) in [6, 6.07) is 6.92. The van der Waals surface area contributed by atoms with E-state index in [0.29, 0.717) is 23.1 Å². The van der Waals surface area contributed by atoms with Gasteiger partial charge >= 0.3 is 0 Å². The molecule has 3 aliphatic rings. The van der Waals surface area contributed by atoms with Crippen LogP contribution in [0, 0.1) is 0 Å². The molecule has 0 aliphatic carbocycles. The minimum absolute atomic E-state index is 0.122. The molecule has 2 atom stereocenters. The highest BCUT2D eigenvalue weighted by Crippen LogP contribution is 2.37. The third-order valence-electron chi connectivity index (χ3n) is 5.91. The zero-order valence-electron chi connectivity index (χ0n) is 17.7. The monoisotopic (exact) mass is 460 g/mol. The van der Waals surface area contributed by atoms with Crippen molar-refractivity contribution in [2.45, 2.75) is 18.9 Å². The number of allylic oxidation sites excluding steroid dienone is 1. The zero-order valence-corrected chi connectivity index (χ0v) is 18.5. The third kappa shape index (κ3) is 3.63. The molecule has 2 amide bonds. The number of nitrogens with two attached hydrogens (primary N) is 1. The van der Waals surface area contributed by atoms with Crippen LogP contribution in [-0.2, 0) is 4.79 Å². The maximum Gasteiger partial charge on any atom is 0.264 e. The number of amides is 2. The van der Waals surface area contributed by atoms with E-state index in [1.807, 2.05) is 12.1 Å². The van der Waals surface area contributed by atoms with E-state index >= 15 is 0 Å². The summed E-state index contributed by atoms with van der Waals surface area (Å²) in [6.45, 7) is 4.27. The van der Waals surface area contributed by atoms with E-state index in [0.717, 1.165) is 29.8 Å². The first-order valence-corrected chi connectivity index (χ1v) is 11.4. The topological polar surface area (TPSA) is 113 Å². The molecule has 1 saturated heterocycles. The second-order valence-corrected chi connectivity index (χ2v) is 8.72. The van der Waals surface area contributed by atoms with Crippen LogP contribution < -0.4 is 11.2 Å². The van der Waals surface area contributed by atoms with Crippen LogP contribution in [0.3, 0.4) is 0 Å². The lowest BCUT2D eigenvalue weighted by molar-refractivity contribution is -0.750. The van der Waals surface area contributed by atoms with Crippen molar-refractivity contribution in [3.8, 4) is 0 Å². The third-order valence-corrected chi connectivity index (χ3v) is 6.60. The molecule has 3 N–H and O–H groups in total. The standard InChI is InChI=1S/C23H21N7O2S/c1-2-19(31)29-11-3-4-17(29)20-18-14-25-9-12-30(18,24)21(27-20)15-5-7-16(8-6-15)22(32)28-23-26-10-13-33-23/h2,5-10,12-14,17H,1,3-4,11,24H2/p+1. The van der Waals surface area contributed by atoms with Crippen LogP contribution in [0.4, 0.5) is 5.13 Å². The summed E-state index contributed by atoms with van der Waals surface area (Å²) in [5.74, 6) is 7.04. The van der Waals surface area contributed by atoms with E-state index in [1.165, 1.54) is 17.4 Å². The van der Waals surface area contributed by atoms with Crippen LogP contribution in [0.5, 0.6) is 0 Å². The largest absolute Gasteiger partial charge is 0.330 e. The Bertz CT molecular complexity index is 1240. The molecule has 0 saturated carbocycles. The van der Waals surface area contributed by atoms with Crippen LogP contribution in [0.1, 0.15) is 28.8 Å². The van der Waals surface area contributed by atoms with Gasteiger partial charge in [0.05, 0.1) is 24.0 Å². The Kier molecular flexibility index (Phi) is 5.33. The van der Waals surface area contributed by atoms with Crippen LogP contribution in [0.15, 0.2) is 82.3 Å². The molecule has 10 heteroatoms. The fraction of sp³-hybridized carbons (Fsp3) is 0.174. The van der Waals surface area contributed by atoms with Gasteiger partial charge in [-0.25, -0.2) is 4.98 Å². The SMILES string of the molecule is C=CC(=O)N1CCCC1C1=C2C=NC=C[N+]2(N)C(c2ccc(C(=O)Nc3nccs3)cc2)=N1. The lowest BCUT2D eigenvalue weighted by Crippen LogP contribution is -2.53. The molecule has 2 unspecified atom stereocenters. The highest BCUT2D eigenvalue weighted by atomic mass is 32.1. The normalized spacial score (nSPS) is 23.5. The first kappa shape index (κ1) is 21.1. The molecular formula is C23H22N7O2S+. The predicted molar refractivity (Wildman–Crippen MR) is 127 cm³/mol. The van der Waals surface area contributed by atoms with E-state index in [2.05, 4.69) is 21.9 Å². The Balaban J connectivity index is 1.47. The lowest BCUT2D eigenvalue weighted by Gasteiger charge is -2.27. The van der Waals surface area contributed by atoms with Crippen molar-refractivity contribution in [1.82, 2.24) is 9.88 Å². The first-order valence-electron chi connectivity index (χ1n) is 10.5. The first-order chi connectivity index (χ1) is 16.0. The fourth-order valence-corrected chi connectivity index (χ4v) is 4.83. The molecule has 4 heterocycles. The van der Waals surface area contributed by atoms with Crippen molar-refractivity contribution in [2.75, 3.05) is 11.9 Å². The average Bonchev–Trinajstić information content (AvgIpc) is 3.57. The van der Waals surface area contributed by atoms with Gasteiger partial charge in [-0.05, 0) is 43.2 Å². The molecule has 33 heavy (non-hydrogen) atoms. The molecule has 0 bridgehead atoms. The summed E-state index contributed by atoms with van der Waals surface area (Å²) < 4.78 is -0.143. The minimum Gasteiger partial charge on any atom is -0.330 e. The summed E-state index contributed by atoms with van der Waals surface area (Å²) in [6.07, 6.45) is 9.75. The summed E-state index contributed by atoms with van der Waals surface area (Å²) in [7, 11) is 0. The predicted octanol–water partition coefficient (Wildman–Crippen LogP) is 2.79. The van der Waals surface area contributed by atoms with Crippen molar-refractivity contribution in [2.24, 2.45) is 15.8 Å². The molecule has 166 valence electrons. The molecule has 3 aliphatic heterocycles. The fourth-order valence-electron chi connectivity index (χ4n) is 4.31. The number of rotatable bonds is 5. The number of fused-ring (bicyclic) bond motifs is 1. The smallest absolute Gasteiger partial charge is 0.264 e. The number of thiazole rings is 1. The number of nitrogens with one attached hydrogen (secondary N) is 1. The van der Waals surface area contributed by atoms with E-state index in [-0.39, 0.29) is 22.4 Å². The van der Waals surface area contributed by atoms with Gasteiger partial charge < -0.3 is 4.90 Å². The number of anilines is 1. The number of carbonyl (C=O) groups excluding carboxylic acids is 2. The summed E-state index contributed by atoms with van der Waals surface area (Å²) >= 11 is 1.36. The van der Waals surface area contributed by atoms with Crippen molar-refractivity contribution in [1.29, 1.82) is 0 Å². The van der Waals surface area contributed by atoms with Crippen LogP contribution in [0.2, 0.25) is 0 Å². The number of hydrogen-bond donors (Lipinski definition) is 2. The number of aromatic nitrogens is 1. The highest BCUT2D eigenvalue weighted by Gasteiger charge is 2.47. The number of benzene rings is 1. The second-order valence-electron chi connectivity index (χ2n) is 7.82. The Morgan fingerprint density at radius 2 is 2.12 bits per heavy atom. The molecule has 1 aromatic carbocycles. The van der Waals surface area contributed by atoms with Gasteiger partial charge in [0.15, 0.2) is 5.13 Å². The van der Waals surface area contributed by atoms with Gasteiger partial charge in [-0.15, -0.1) is 15.9 Å². The number of hydrogen-bond acceptors (Lipinski definition) is 7. The maximum absolute atomic E-state index is 12.5. The Hall–Kier alpha value is -3.73. The zero-order chi connectivity index (χ0) is 23.0. The van der Waals surface area contributed by atoms with Crippen molar-refractivity contribution in [3.05, 3.63) is 83.4 Å². The minimum atomic E-state index is -0.240. The van der Waals surface area contributed by atoms with Gasteiger partial charge in [0.2, 0.25) is 11.6 Å². The Morgan fingerprint density at radius 1 is 1.30 bits per heavy atom. The lowest BCUT2D eigenvalue weighted by atomic mass is 10.1. The summed E-state index contributed by atoms with van der Waals surface area (Å²) in [5.41, 5.74) is 2.74. The van der Waals surface area contributed by atoms with Gasteiger partial charge in [0.25, 0.3) is 11.7 Å². The molecule has 1 aromatic heterocycles. The van der Waals surface area contributed by atoms with Gasteiger partial charge in [-0.2, -0.15) is 10.8 Å². The molecule has 9 nitrogen and oxygen atoms in total. The number of carbonyl (C=O) groups is 2. The maximum atomic E-state index is 12.5. The average molecular weight is 461 g/mol. The van der Waals surface area contributed by atoms with Crippen LogP contribution in [0.25, 0.3) is 0 Å². The number of nitrogens with zero attached hydrogens (tertiary/aromatic N) is 5. The second kappa shape index (κ2) is 8.32. The van der Waals surface area contributed by atoms with Gasteiger partial charge in [0, 0.05) is 23.7 Å². The molecule has 1 fully saturated rings. The van der Waals surface area contributed by atoms with E-state index in [4.69, 9.17) is 10.8 Å². The van der Waals surface area contributed by atoms with Crippen LogP contribution >= 0.6 is 11.3 Å². The van der Waals surface area contributed by atoms with E-state index < -0.39 is 0 Å². The highest BCUT2D eigenvalue weighted by molar-refractivity contribution is 7.13. The van der Waals surface area contributed by atoms with Gasteiger partial charge in [-0.1, -0.05) is 6.58 Å². The number of amidine groups is 1. The van der Waals surface area contributed by atoms with Crippen LogP contribution in [-0.4, -0.2) is 50.9 Å². The molecular weight excluding hydrogens is 438 g/mol. The summed E-state index contributed by atoms with van der Waals surface area (Å²) in [5, 5.41) is 5.11. The molecule has 5 rings (SSSR count). The molecule has 2 aromatic rings. The van der Waals surface area contributed by atoms with E-state index in [1.54, 1.807) is 47.2 Å². The Labute approximate surface area is 194 Å².